The standard InChI is InChI=1S/C12H12Cl2F3N3O2S/c1-3-20(4-2)23(21,22)10-8(14)6(13)5-7-9(10)19-11(18-7)12(15,16)17/h5H,3-4H2,1-2H3,(H,18,19). The van der Waals surface area contributed by atoms with Crippen molar-refractivity contribution in [1.29, 1.82) is 0 Å². The highest BCUT2D eigenvalue weighted by Crippen LogP contribution is 2.38. The number of halogens is 5. The van der Waals surface area contributed by atoms with Crippen molar-refractivity contribution in [1.82, 2.24) is 14.3 Å². The van der Waals surface area contributed by atoms with Crippen LogP contribution in [-0.4, -0.2) is 35.8 Å². The first-order valence-corrected chi connectivity index (χ1v) is 8.68. The van der Waals surface area contributed by atoms with Crippen molar-refractivity contribution in [3.05, 3.63) is 21.9 Å². The number of aromatic nitrogens is 2. The summed E-state index contributed by atoms with van der Waals surface area (Å²) < 4.78 is 64.9. The van der Waals surface area contributed by atoms with E-state index in [-0.39, 0.29) is 28.7 Å². The van der Waals surface area contributed by atoms with Crippen molar-refractivity contribution >= 4 is 44.3 Å². The predicted molar refractivity (Wildman–Crippen MR) is 81.2 cm³/mol. The minimum atomic E-state index is -4.76. The molecule has 2 aromatic rings. The lowest BCUT2D eigenvalue weighted by molar-refractivity contribution is -0.144. The van der Waals surface area contributed by atoms with Gasteiger partial charge in [0, 0.05) is 13.1 Å². The molecule has 0 bridgehead atoms. The summed E-state index contributed by atoms with van der Waals surface area (Å²) in [5, 5.41) is -0.534. The van der Waals surface area contributed by atoms with E-state index >= 15 is 0 Å². The van der Waals surface area contributed by atoms with Gasteiger partial charge in [-0.3, -0.25) is 0 Å². The van der Waals surface area contributed by atoms with Gasteiger partial charge in [0.1, 0.15) is 10.4 Å². The van der Waals surface area contributed by atoms with E-state index in [2.05, 4.69) is 4.98 Å². The van der Waals surface area contributed by atoms with Gasteiger partial charge in [0.2, 0.25) is 15.8 Å². The fraction of sp³-hybridized carbons (Fsp3) is 0.417. The summed E-state index contributed by atoms with van der Waals surface area (Å²) in [4.78, 5) is 4.87. The molecule has 0 atom stereocenters. The molecule has 0 aliphatic carbocycles. The summed E-state index contributed by atoms with van der Waals surface area (Å²) in [6.07, 6.45) is -4.76. The van der Waals surface area contributed by atoms with E-state index in [0.29, 0.717) is 0 Å². The Morgan fingerprint density at radius 3 is 2.30 bits per heavy atom. The SMILES string of the molecule is CCN(CC)S(=O)(=O)c1c(Cl)c(Cl)cc2[nH]c(C(F)(F)F)nc12. The third-order valence-corrected chi connectivity index (χ3v) is 6.21. The molecule has 5 nitrogen and oxygen atoms in total. The van der Waals surface area contributed by atoms with Crippen LogP contribution in [-0.2, 0) is 16.2 Å². The maximum absolute atomic E-state index is 12.8. The van der Waals surface area contributed by atoms with Gasteiger partial charge in [-0.05, 0) is 6.07 Å². The molecular formula is C12H12Cl2F3N3O2S. The molecule has 1 heterocycles. The van der Waals surface area contributed by atoms with Gasteiger partial charge >= 0.3 is 6.18 Å². The van der Waals surface area contributed by atoms with Crippen molar-refractivity contribution < 1.29 is 21.6 Å². The van der Waals surface area contributed by atoms with Crippen LogP contribution >= 0.6 is 23.2 Å². The summed E-state index contributed by atoms with van der Waals surface area (Å²) >= 11 is 11.8. The van der Waals surface area contributed by atoms with E-state index in [9.17, 15) is 21.6 Å². The monoisotopic (exact) mass is 389 g/mol. The number of H-pyrrole nitrogens is 1. The number of sulfonamides is 1. The number of hydrogen-bond acceptors (Lipinski definition) is 3. The molecule has 0 unspecified atom stereocenters. The van der Waals surface area contributed by atoms with E-state index in [0.717, 1.165) is 10.4 Å². The molecule has 0 aliphatic heterocycles. The number of benzene rings is 1. The van der Waals surface area contributed by atoms with Crippen LogP contribution in [0.4, 0.5) is 13.2 Å². The van der Waals surface area contributed by atoms with Gasteiger partial charge in [0.05, 0.1) is 15.6 Å². The molecule has 11 heteroatoms. The van der Waals surface area contributed by atoms with Crippen LogP contribution in [0, 0.1) is 0 Å². The number of alkyl halides is 3. The summed E-state index contributed by atoms with van der Waals surface area (Å²) in [7, 11) is -4.15. The average Bonchev–Trinajstić information content (AvgIpc) is 2.83. The fourth-order valence-corrected chi connectivity index (χ4v) is 4.50. The van der Waals surface area contributed by atoms with E-state index in [1.165, 1.54) is 0 Å². The zero-order valence-electron chi connectivity index (χ0n) is 12.0. The highest BCUT2D eigenvalue weighted by molar-refractivity contribution is 7.89. The Morgan fingerprint density at radius 2 is 1.83 bits per heavy atom. The van der Waals surface area contributed by atoms with Gasteiger partial charge in [-0.15, -0.1) is 0 Å². The number of nitrogens with one attached hydrogen (secondary N) is 1. The first kappa shape index (κ1) is 18.3. The van der Waals surface area contributed by atoms with Gasteiger partial charge in [0.25, 0.3) is 0 Å². The Bertz CT molecular complexity index is 845. The van der Waals surface area contributed by atoms with Crippen LogP contribution in [0.1, 0.15) is 19.7 Å². The van der Waals surface area contributed by atoms with E-state index in [1.807, 2.05) is 4.98 Å². The zero-order valence-corrected chi connectivity index (χ0v) is 14.3. The van der Waals surface area contributed by atoms with Gasteiger partial charge < -0.3 is 4.98 Å². The lowest BCUT2D eigenvalue weighted by Crippen LogP contribution is -2.31. The minimum Gasteiger partial charge on any atom is -0.334 e. The molecular weight excluding hydrogens is 378 g/mol. The molecule has 1 N–H and O–H groups in total. The Hall–Kier alpha value is -1.03. The normalized spacial score (nSPS) is 13.2. The first-order valence-electron chi connectivity index (χ1n) is 6.49. The molecule has 23 heavy (non-hydrogen) atoms. The van der Waals surface area contributed by atoms with Gasteiger partial charge in [0.15, 0.2) is 0 Å². The Labute approximate surface area is 140 Å². The summed E-state index contributed by atoms with van der Waals surface area (Å²) in [5.41, 5.74) is -0.545. The number of nitrogens with zero attached hydrogens (tertiary/aromatic N) is 2. The second-order valence-corrected chi connectivity index (χ2v) is 7.23. The highest BCUT2D eigenvalue weighted by Gasteiger charge is 2.37. The Kier molecular flexibility index (Phi) is 4.87. The van der Waals surface area contributed by atoms with Crippen molar-refractivity contribution in [3.8, 4) is 0 Å². The predicted octanol–water partition coefficient (Wildman–Crippen LogP) is 3.92. The maximum atomic E-state index is 12.8. The molecule has 0 saturated heterocycles. The topological polar surface area (TPSA) is 66.1 Å². The lowest BCUT2D eigenvalue weighted by atomic mass is 10.3. The Morgan fingerprint density at radius 1 is 1.26 bits per heavy atom. The number of rotatable bonds is 4. The molecule has 128 valence electrons. The average molecular weight is 390 g/mol. The number of hydrogen-bond donors (Lipinski definition) is 1. The molecule has 0 amide bonds. The maximum Gasteiger partial charge on any atom is 0.449 e. The first-order chi connectivity index (χ1) is 10.5. The van der Waals surface area contributed by atoms with Gasteiger partial charge in [-0.2, -0.15) is 17.5 Å². The van der Waals surface area contributed by atoms with Crippen molar-refractivity contribution in [2.45, 2.75) is 24.9 Å². The molecule has 2 rings (SSSR count). The van der Waals surface area contributed by atoms with Crippen LogP contribution in [0.2, 0.25) is 10.0 Å². The van der Waals surface area contributed by atoms with Crippen LogP contribution < -0.4 is 0 Å². The quantitative estimate of drug-likeness (QED) is 0.861. The van der Waals surface area contributed by atoms with Crippen LogP contribution in [0.5, 0.6) is 0 Å². The van der Waals surface area contributed by atoms with Crippen LogP contribution in [0.25, 0.3) is 11.0 Å². The van der Waals surface area contributed by atoms with Gasteiger partial charge in [-0.1, -0.05) is 37.0 Å². The van der Waals surface area contributed by atoms with E-state index in [1.54, 1.807) is 13.8 Å². The van der Waals surface area contributed by atoms with Crippen molar-refractivity contribution in [2.75, 3.05) is 13.1 Å². The summed E-state index contributed by atoms with van der Waals surface area (Å²) in [6, 6.07) is 1.11. The number of aromatic amines is 1. The molecule has 0 saturated carbocycles. The lowest BCUT2D eigenvalue weighted by Gasteiger charge is -2.19. The third kappa shape index (κ3) is 3.15. The van der Waals surface area contributed by atoms with E-state index < -0.39 is 32.4 Å². The molecule has 0 spiro atoms. The number of imidazole rings is 1. The molecule has 0 fully saturated rings. The molecule has 1 aromatic carbocycles. The second kappa shape index (κ2) is 6.12. The smallest absolute Gasteiger partial charge is 0.334 e. The summed E-state index contributed by atoms with van der Waals surface area (Å²) in [5.74, 6) is -1.32. The molecule has 0 radical (unpaired) electrons. The second-order valence-electron chi connectivity index (χ2n) is 4.57. The van der Waals surface area contributed by atoms with Crippen LogP contribution in [0.3, 0.4) is 0 Å². The largest absolute Gasteiger partial charge is 0.449 e. The van der Waals surface area contributed by atoms with E-state index in [4.69, 9.17) is 23.2 Å². The molecule has 0 aliphatic rings. The van der Waals surface area contributed by atoms with Crippen LogP contribution in [0.15, 0.2) is 11.0 Å². The summed E-state index contributed by atoms with van der Waals surface area (Å²) in [6.45, 7) is 3.45. The Balaban J connectivity index is 2.86. The number of fused-ring (bicyclic) bond motifs is 1. The minimum absolute atomic E-state index is 0.125. The zero-order chi connectivity index (χ0) is 17.6. The third-order valence-electron chi connectivity index (χ3n) is 3.20. The van der Waals surface area contributed by atoms with Gasteiger partial charge in [-0.25, -0.2) is 13.4 Å². The highest BCUT2D eigenvalue weighted by atomic mass is 35.5. The van der Waals surface area contributed by atoms with Crippen molar-refractivity contribution in [2.24, 2.45) is 0 Å². The fourth-order valence-electron chi connectivity index (χ4n) is 2.13. The molecule has 1 aromatic heterocycles. The van der Waals surface area contributed by atoms with Crippen molar-refractivity contribution in [3.63, 3.8) is 0 Å².